The number of carbonyl (C=O) groups excluding carboxylic acids is 1. The predicted molar refractivity (Wildman–Crippen MR) is 84.9 cm³/mol. The first-order chi connectivity index (χ1) is 11.6. The van der Waals surface area contributed by atoms with Crippen molar-refractivity contribution < 1.29 is 18.5 Å². The van der Waals surface area contributed by atoms with Gasteiger partial charge in [-0.25, -0.2) is 0 Å². The highest BCUT2D eigenvalue weighted by molar-refractivity contribution is 6.04. The lowest BCUT2D eigenvalue weighted by Gasteiger charge is -2.12. The van der Waals surface area contributed by atoms with E-state index in [1.54, 1.807) is 18.4 Å². The molecule has 6 heteroatoms. The van der Waals surface area contributed by atoms with Crippen LogP contribution in [0.5, 0.6) is 5.75 Å². The number of aromatic nitrogens is 2. The average Bonchev–Trinajstić information content (AvgIpc) is 3.28. The standard InChI is InChI=1S/C18H16N2O4/c1-10-5-6-13(17-12(21)8-11(2)16(10)17)23-9-15-19-18(20-24-15)14-4-3-7-22-14/h3-7,11H,8-9H2,1-2H3/t11-/m0/s1. The third kappa shape index (κ3) is 2.40. The van der Waals surface area contributed by atoms with E-state index in [2.05, 4.69) is 17.1 Å². The molecule has 4 rings (SSSR count). The fraction of sp³-hybridized carbons (Fsp3) is 0.278. The fourth-order valence-corrected chi connectivity index (χ4v) is 3.19. The van der Waals surface area contributed by atoms with Crippen LogP contribution in [0.3, 0.4) is 0 Å². The van der Waals surface area contributed by atoms with E-state index in [1.807, 2.05) is 19.1 Å². The molecular weight excluding hydrogens is 308 g/mol. The number of rotatable bonds is 4. The molecule has 3 aromatic rings. The number of hydrogen-bond acceptors (Lipinski definition) is 6. The zero-order valence-corrected chi connectivity index (χ0v) is 13.4. The number of ketones is 1. The molecule has 1 aliphatic rings. The van der Waals surface area contributed by atoms with Gasteiger partial charge in [0, 0.05) is 6.42 Å². The molecule has 0 saturated carbocycles. The molecule has 0 fully saturated rings. The number of fused-ring (bicyclic) bond motifs is 1. The van der Waals surface area contributed by atoms with Crippen LogP contribution < -0.4 is 4.74 Å². The smallest absolute Gasteiger partial charge is 0.264 e. The Hall–Kier alpha value is -2.89. The molecule has 0 N–H and O–H groups in total. The van der Waals surface area contributed by atoms with E-state index in [0.717, 1.165) is 11.1 Å². The molecule has 1 aromatic carbocycles. The minimum Gasteiger partial charge on any atom is -0.483 e. The number of benzene rings is 1. The fourth-order valence-electron chi connectivity index (χ4n) is 3.19. The number of carbonyl (C=O) groups is 1. The van der Waals surface area contributed by atoms with Crippen LogP contribution in [0, 0.1) is 6.92 Å². The van der Waals surface area contributed by atoms with Crippen molar-refractivity contribution in [3.63, 3.8) is 0 Å². The Balaban J connectivity index is 1.56. The summed E-state index contributed by atoms with van der Waals surface area (Å²) in [5.74, 6) is 2.16. The Labute approximate surface area is 138 Å². The van der Waals surface area contributed by atoms with Gasteiger partial charge in [-0.2, -0.15) is 4.98 Å². The molecule has 0 saturated heterocycles. The van der Waals surface area contributed by atoms with E-state index >= 15 is 0 Å². The number of furan rings is 1. The quantitative estimate of drug-likeness (QED) is 0.724. The molecule has 1 aliphatic carbocycles. The second-order valence-corrected chi connectivity index (χ2v) is 5.98. The van der Waals surface area contributed by atoms with Crippen molar-refractivity contribution in [1.82, 2.24) is 10.1 Å². The van der Waals surface area contributed by atoms with Crippen molar-refractivity contribution in [2.24, 2.45) is 0 Å². The van der Waals surface area contributed by atoms with Crippen molar-refractivity contribution in [3.05, 3.63) is 53.1 Å². The van der Waals surface area contributed by atoms with Gasteiger partial charge in [-0.3, -0.25) is 4.79 Å². The van der Waals surface area contributed by atoms with Crippen molar-refractivity contribution in [2.45, 2.75) is 32.8 Å². The van der Waals surface area contributed by atoms with E-state index in [9.17, 15) is 4.79 Å². The number of aryl methyl sites for hydroxylation is 1. The van der Waals surface area contributed by atoms with Crippen molar-refractivity contribution in [2.75, 3.05) is 0 Å². The molecule has 6 nitrogen and oxygen atoms in total. The lowest BCUT2D eigenvalue weighted by Crippen LogP contribution is -2.02. The molecule has 122 valence electrons. The zero-order valence-electron chi connectivity index (χ0n) is 13.4. The molecule has 1 atom stereocenters. The molecule has 0 spiro atoms. The average molecular weight is 324 g/mol. The molecule has 0 radical (unpaired) electrons. The minimum absolute atomic E-state index is 0.102. The Morgan fingerprint density at radius 1 is 1.33 bits per heavy atom. The minimum atomic E-state index is 0.102. The van der Waals surface area contributed by atoms with Gasteiger partial charge in [0.05, 0.1) is 11.8 Å². The van der Waals surface area contributed by atoms with Gasteiger partial charge in [-0.1, -0.05) is 18.1 Å². The molecule has 2 heterocycles. The van der Waals surface area contributed by atoms with Crippen molar-refractivity contribution in [3.8, 4) is 17.3 Å². The van der Waals surface area contributed by atoms with Crippen molar-refractivity contribution >= 4 is 5.78 Å². The number of hydrogen-bond donors (Lipinski definition) is 0. The maximum Gasteiger partial charge on any atom is 0.264 e. The van der Waals surface area contributed by atoms with Gasteiger partial charge in [0.1, 0.15) is 5.75 Å². The Morgan fingerprint density at radius 3 is 3.00 bits per heavy atom. The molecule has 0 amide bonds. The largest absolute Gasteiger partial charge is 0.483 e. The summed E-state index contributed by atoms with van der Waals surface area (Å²) >= 11 is 0. The molecule has 0 unspecified atom stereocenters. The van der Waals surface area contributed by atoms with E-state index < -0.39 is 0 Å². The highest BCUT2D eigenvalue weighted by Gasteiger charge is 2.31. The van der Waals surface area contributed by atoms with Crippen molar-refractivity contribution in [1.29, 1.82) is 0 Å². The SMILES string of the molecule is Cc1ccc(OCc2nc(-c3ccco3)no2)c2c1[C@@H](C)CC2=O. The molecule has 2 aromatic heterocycles. The van der Waals surface area contributed by atoms with Crippen LogP contribution >= 0.6 is 0 Å². The Morgan fingerprint density at radius 2 is 2.21 bits per heavy atom. The summed E-state index contributed by atoms with van der Waals surface area (Å²) in [5.41, 5.74) is 2.89. The van der Waals surface area contributed by atoms with Crippen LogP contribution in [0.1, 0.15) is 46.6 Å². The summed E-state index contributed by atoms with van der Waals surface area (Å²) in [7, 11) is 0. The first-order valence-corrected chi connectivity index (χ1v) is 7.79. The molecule has 0 aliphatic heterocycles. The number of Topliss-reactive ketones (excluding diaryl/α,β-unsaturated/α-hetero) is 1. The van der Waals surface area contributed by atoms with Gasteiger partial charge < -0.3 is 13.7 Å². The maximum absolute atomic E-state index is 12.3. The van der Waals surface area contributed by atoms with Gasteiger partial charge in [0.2, 0.25) is 5.82 Å². The van der Waals surface area contributed by atoms with Crippen LogP contribution in [0.25, 0.3) is 11.6 Å². The lowest BCUT2D eigenvalue weighted by molar-refractivity contribution is 0.0985. The highest BCUT2D eigenvalue weighted by atomic mass is 16.5. The van der Waals surface area contributed by atoms with E-state index in [1.165, 1.54) is 0 Å². The molecular formula is C18H16N2O4. The number of nitrogens with zero attached hydrogens (tertiary/aromatic N) is 2. The van der Waals surface area contributed by atoms with E-state index in [4.69, 9.17) is 13.7 Å². The van der Waals surface area contributed by atoms with Gasteiger partial charge in [-0.05, 0) is 42.2 Å². The summed E-state index contributed by atoms with van der Waals surface area (Å²) in [4.78, 5) is 16.5. The van der Waals surface area contributed by atoms with E-state index in [0.29, 0.717) is 35.2 Å². The van der Waals surface area contributed by atoms with Crippen LogP contribution in [0.4, 0.5) is 0 Å². The third-order valence-corrected chi connectivity index (χ3v) is 4.25. The third-order valence-electron chi connectivity index (χ3n) is 4.25. The summed E-state index contributed by atoms with van der Waals surface area (Å²) in [5, 5.41) is 3.86. The lowest BCUT2D eigenvalue weighted by atomic mass is 9.97. The van der Waals surface area contributed by atoms with Crippen LogP contribution in [0.2, 0.25) is 0 Å². The molecule has 24 heavy (non-hydrogen) atoms. The zero-order chi connectivity index (χ0) is 16.7. The monoisotopic (exact) mass is 324 g/mol. The molecule has 0 bridgehead atoms. The Bertz CT molecular complexity index is 896. The Kier molecular flexibility index (Phi) is 3.45. The summed E-state index contributed by atoms with van der Waals surface area (Å²) in [6, 6.07) is 7.31. The van der Waals surface area contributed by atoms with Crippen LogP contribution in [-0.2, 0) is 6.61 Å². The highest BCUT2D eigenvalue weighted by Crippen LogP contribution is 2.40. The van der Waals surface area contributed by atoms with Gasteiger partial charge >= 0.3 is 0 Å². The maximum atomic E-state index is 12.3. The van der Waals surface area contributed by atoms with E-state index in [-0.39, 0.29) is 18.3 Å². The second-order valence-electron chi connectivity index (χ2n) is 5.98. The summed E-state index contributed by atoms with van der Waals surface area (Å²) in [6.07, 6.45) is 2.07. The van der Waals surface area contributed by atoms with Crippen LogP contribution in [0.15, 0.2) is 39.5 Å². The first-order valence-electron chi connectivity index (χ1n) is 7.79. The normalized spacial score (nSPS) is 16.4. The predicted octanol–water partition coefficient (Wildman–Crippen LogP) is 3.91. The number of ether oxygens (including phenoxy) is 1. The van der Waals surface area contributed by atoms with Gasteiger partial charge in [0.25, 0.3) is 5.89 Å². The van der Waals surface area contributed by atoms with Gasteiger partial charge in [-0.15, -0.1) is 0 Å². The first kappa shape index (κ1) is 14.7. The van der Waals surface area contributed by atoms with Crippen LogP contribution in [-0.4, -0.2) is 15.9 Å². The second kappa shape index (κ2) is 5.63. The topological polar surface area (TPSA) is 78.4 Å². The van der Waals surface area contributed by atoms with Gasteiger partial charge in [0.15, 0.2) is 18.2 Å². The summed E-state index contributed by atoms with van der Waals surface area (Å²) < 4.78 is 16.2. The summed E-state index contributed by atoms with van der Waals surface area (Å²) in [6.45, 7) is 4.18.